The van der Waals surface area contributed by atoms with Crippen LogP contribution in [0.15, 0.2) is 23.6 Å². The van der Waals surface area contributed by atoms with Gasteiger partial charge >= 0.3 is 0 Å². The van der Waals surface area contributed by atoms with E-state index in [-0.39, 0.29) is 11.3 Å². The predicted octanol–water partition coefficient (Wildman–Crippen LogP) is 3.04. The maximum atomic E-state index is 12.7. The van der Waals surface area contributed by atoms with Crippen molar-refractivity contribution in [2.45, 2.75) is 13.8 Å². The number of aromatic nitrogens is 1. The summed E-state index contributed by atoms with van der Waals surface area (Å²) in [7, 11) is 1.44. The molecule has 116 valence electrons. The molecule has 0 unspecified atom stereocenters. The molecule has 0 saturated heterocycles. The Hall–Kier alpha value is -2.48. The van der Waals surface area contributed by atoms with Crippen molar-refractivity contribution in [3.05, 3.63) is 45.0 Å². The van der Waals surface area contributed by atoms with Gasteiger partial charge in [-0.3, -0.25) is 19.8 Å². The number of hydrogen-bond donors (Lipinski definition) is 0. The quantitative estimate of drug-likeness (QED) is 0.624. The average Bonchev–Trinajstić information content (AvgIpc) is 2.93. The summed E-state index contributed by atoms with van der Waals surface area (Å²) in [5.41, 5.74) is 0.531. The van der Waals surface area contributed by atoms with Gasteiger partial charge in [0, 0.05) is 18.0 Å². The molecule has 8 heteroatoms. The second-order valence-electron chi connectivity index (χ2n) is 4.46. The summed E-state index contributed by atoms with van der Waals surface area (Å²) in [6.45, 7) is 3.98. The van der Waals surface area contributed by atoms with Crippen molar-refractivity contribution in [3.8, 4) is 5.75 Å². The van der Waals surface area contributed by atoms with Crippen LogP contribution in [0.25, 0.3) is 0 Å². The van der Waals surface area contributed by atoms with Gasteiger partial charge in [-0.25, -0.2) is 4.98 Å². The van der Waals surface area contributed by atoms with Crippen molar-refractivity contribution in [1.82, 2.24) is 4.98 Å². The lowest BCUT2D eigenvalue weighted by Crippen LogP contribution is -2.31. The lowest BCUT2D eigenvalue weighted by atomic mass is 10.1. The van der Waals surface area contributed by atoms with E-state index in [1.54, 1.807) is 6.92 Å². The third-order valence-electron chi connectivity index (χ3n) is 3.03. The molecule has 0 aliphatic heterocycles. The number of carbonyl (C=O) groups is 1. The van der Waals surface area contributed by atoms with Crippen molar-refractivity contribution in [1.29, 1.82) is 0 Å². The molecule has 0 radical (unpaired) electrons. The number of amides is 1. The highest BCUT2D eigenvalue weighted by Crippen LogP contribution is 2.28. The standard InChI is InChI=1S/C14H15N3O4S/c1-4-16(14-15-9(2)8-22-14)13(18)11-7-10(21-3)5-6-12(11)17(19)20/h5-8H,4H2,1-3H3. The molecule has 0 saturated carbocycles. The Morgan fingerprint density at radius 1 is 1.50 bits per heavy atom. The smallest absolute Gasteiger partial charge is 0.282 e. The summed E-state index contributed by atoms with van der Waals surface area (Å²) >= 11 is 1.32. The van der Waals surface area contributed by atoms with E-state index >= 15 is 0 Å². The van der Waals surface area contributed by atoms with Crippen molar-refractivity contribution >= 4 is 28.1 Å². The number of rotatable bonds is 5. The van der Waals surface area contributed by atoms with Crippen LogP contribution in [-0.4, -0.2) is 29.5 Å². The van der Waals surface area contributed by atoms with Crippen LogP contribution < -0.4 is 9.64 Å². The zero-order chi connectivity index (χ0) is 16.3. The number of nitrogens with zero attached hydrogens (tertiary/aromatic N) is 3. The van der Waals surface area contributed by atoms with Crippen molar-refractivity contribution < 1.29 is 14.5 Å². The molecule has 0 atom stereocenters. The summed E-state index contributed by atoms with van der Waals surface area (Å²) in [6.07, 6.45) is 0. The molecule has 0 bridgehead atoms. The molecule has 0 spiro atoms. The van der Waals surface area contributed by atoms with E-state index in [9.17, 15) is 14.9 Å². The number of benzene rings is 1. The highest BCUT2D eigenvalue weighted by Gasteiger charge is 2.27. The van der Waals surface area contributed by atoms with Gasteiger partial charge in [0.1, 0.15) is 11.3 Å². The third kappa shape index (κ3) is 3.06. The van der Waals surface area contributed by atoms with E-state index in [0.29, 0.717) is 17.4 Å². The number of ether oxygens (including phenoxy) is 1. The molecule has 0 aliphatic rings. The zero-order valence-corrected chi connectivity index (χ0v) is 13.2. The Balaban J connectivity index is 2.48. The topological polar surface area (TPSA) is 85.6 Å². The van der Waals surface area contributed by atoms with Crippen LogP contribution in [0.4, 0.5) is 10.8 Å². The Kier molecular flexibility index (Phi) is 4.71. The number of nitro groups is 1. The number of hydrogen-bond acceptors (Lipinski definition) is 6. The maximum Gasteiger partial charge on any atom is 0.282 e. The number of nitro benzene ring substituents is 1. The number of anilines is 1. The molecule has 22 heavy (non-hydrogen) atoms. The molecule has 0 aliphatic carbocycles. The summed E-state index contributed by atoms with van der Waals surface area (Å²) in [5, 5.41) is 13.5. The van der Waals surface area contributed by atoms with Gasteiger partial charge in [0.05, 0.1) is 17.7 Å². The van der Waals surface area contributed by atoms with Crippen molar-refractivity contribution in [3.63, 3.8) is 0 Å². The number of thiazole rings is 1. The van der Waals surface area contributed by atoms with Crippen LogP contribution in [0.1, 0.15) is 23.0 Å². The summed E-state index contributed by atoms with van der Waals surface area (Å²) < 4.78 is 5.06. The van der Waals surface area contributed by atoms with Crippen LogP contribution >= 0.6 is 11.3 Å². The second-order valence-corrected chi connectivity index (χ2v) is 5.30. The molecule has 2 aromatic rings. The highest BCUT2D eigenvalue weighted by atomic mass is 32.1. The lowest BCUT2D eigenvalue weighted by Gasteiger charge is -2.18. The fourth-order valence-corrected chi connectivity index (χ4v) is 2.81. The molecule has 2 rings (SSSR count). The normalized spacial score (nSPS) is 10.3. The molecule has 1 amide bonds. The van der Waals surface area contributed by atoms with Gasteiger partial charge in [-0.15, -0.1) is 11.3 Å². The van der Waals surface area contributed by atoms with Crippen LogP contribution in [0, 0.1) is 17.0 Å². The fourth-order valence-electron chi connectivity index (χ4n) is 1.95. The first-order valence-corrected chi connectivity index (χ1v) is 7.42. The van der Waals surface area contributed by atoms with Crippen molar-refractivity contribution in [2.24, 2.45) is 0 Å². The first-order valence-electron chi connectivity index (χ1n) is 6.54. The van der Waals surface area contributed by atoms with Gasteiger partial charge in [0.2, 0.25) is 0 Å². The van der Waals surface area contributed by atoms with Crippen LogP contribution in [0.2, 0.25) is 0 Å². The second kappa shape index (κ2) is 6.52. The minimum Gasteiger partial charge on any atom is -0.497 e. The van der Waals surface area contributed by atoms with Crippen LogP contribution in [0.5, 0.6) is 5.75 Å². The minimum absolute atomic E-state index is 0.0148. The molecular formula is C14H15N3O4S. The van der Waals surface area contributed by atoms with Gasteiger partial charge in [0.25, 0.3) is 11.6 Å². The number of carbonyl (C=O) groups excluding carboxylic acids is 1. The molecule has 1 heterocycles. The average molecular weight is 321 g/mol. The van der Waals surface area contributed by atoms with Crippen LogP contribution in [-0.2, 0) is 0 Å². The number of methoxy groups -OCH3 is 1. The number of aryl methyl sites for hydroxylation is 1. The molecule has 7 nitrogen and oxygen atoms in total. The predicted molar refractivity (Wildman–Crippen MR) is 83.8 cm³/mol. The van der Waals surface area contributed by atoms with E-state index in [0.717, 1.165) is 5.69 Å². The minimum atomic E-state index is -0.576. The van der Waals surface area contributed by atoms with Gasteiger partial charge in [-0.1, -0.05) is 0 Å². The first kappa shape index (κ1) is 15.9. The van der Waals surface area contributed by atoms with E-state index in [4.69, 9.17) is 4.74 Å². The summed E-state index contributed by atoms with van der Waals surface area (Å²) in [6, 6.07) is 4.11. The van der Waals surface area contributed by atoms with Crippen LogP contribution in [0.3, 0.4) is 0 Å². The Labute approximate surface area is 131 Å². The summed E-state index contributed by atoms with van der Waals surface area (Å²) in [4.78, 5) is 29.0. The molecular weight excluding hydrogens is 306 g/mol. The monoisotopic (exact) mass is 321 g/mol. The van der Waals surface area contributed by atoms with Crippen molar-refractivity contribution in [2.75, 3.05) is 18.6 Å². The lowest BCUT2D eigenvalue weighted by molar-refractivity contribution is -0.385. The first-order chi connectivity index (χ1) is 10.5. The zero-order valence-electron chi connectivity index (χ0n) is 12.4. The van der Waals surface area contributed by atoms with E-state index in [1.165, 1.54) is 41.5 Å². The third-order valence-corrected chi connectivity index (χ3v) is 4.01. The van der Waals surface area contributed by atoms with Gasteiger partial charge in [-0.05, 0) is 26.0 Å². The Morgan fingerprint density at radius 3 is 2.73 bits per heavy atom. The molecule has 1 aromatic carbocycles. The maximum absolute atomic E-state index is 12.7. The highest BCUT2D eigenvalue weighted by molar-refractivity contribution is 7.14. The van der Waals surface area contributed by atoms with E-state index in [1.807, 2.05) is 12.3 Å². The molecule has 1 aromatic heterocycles. The van der Waals surface area contributed by atoms with Gasteiger partial charge in [0.15, 0.2) is 5.13 Å². The van der Waals surface area contributed by atoms with E-state index < -0.39 is 10.8 Å². The Morgan fingerprint density at radius 2 is 2.23 bits per heavy atom. The molecule has 0 N–H and O–H groups in total. The van der Waals surface area contributed by atoms with Gasteiger partial charge < -0.3 is 4.74 Å². The summed E-state index contributed by atoms with van der Waals surface area (Å²) in [5.74, 6) is -0.0808. The van der Waals surface area contributed by atoms with Gasteiger partial charge in [-0.2, -0.15) is 0 Å². The fraction of sp³-hybridized carbons (Fsp3) is 0.286. The molecule has 0 fully saturated rings. The largest absolute Gasteiger partial charge is 0.497 e. The SMILES string of the molecule is CCN(C(=O)c1cc(OC)ccc1[N+](=O)[O-])c1nc(C)cs1. The Bertz CT molecular complexity index is 714. The van der Waals surface area contributed by atoms with E-state index in [2.05, 4.69) is 4.98 Å².